The summed E-state index contributed by atoms with van der Waals surface area (Å²) < 4.78 is 6.27. The van der Waals surface area contributed by atoms with Crippen molar-refractivity contribution >= 4 is 32.3 Å². The van der Waals surface area contributed by atoms with Gasteiger partial charge in [-0.3, -0.25) is 0 Å². The topological polar surface area (TPSA) is 38.9 Å². The minimum Gasteiger partial charge on any atom is -0.416 e. The highest BCUT2D eigenvalue weighted by Gasteiger charge is 2.16. The van der Waals surface area contributed by atoms with Crippen LogP contribution in [-0.2, 0) is 0 Å². The third kappa shape index (κ3) is 3.98. The summed E-state index contributed by atoms with van der Waals surface area (Å²) in [7, 11) is 0. The molecule has 0 saturated carbocycles. The lowest BCUT2D eigenvalue weighted by Gasteiger charge is -2.12. The Balaban J connectivity index is 1.17. The Bertz CT molecular complexity index is 2200. The van der Waals surface area contributed by atoms with Crippen LogP contribution in [0.15, 0.2) is 150 Å². The van der Waals surface area contributed by atoms with E-state index in [4.69, 9.17) is 4.42 Å². The Morgan fingerprint density at radius 1 is 0.317 bits per heavy atom. The van der Waals surface area contributed by atoms with Gasteiger partial charge in [-0.25, -0.2) is 0 Å². The Kier molecular flexibility index (Phi) is 5.46. The summed E-state index contributed by atoms with van der Waals surface area (Å²) in [5.74, 6) is 1.02. The first-order chi connectivity index (χ1) is 20.3. The molecule has 7 aromatic carbocycles. The lowest BCUT2D eigenvalue weighted by molar-refractivity contribution is 0.585. The Morgan fingerprint density at radius 3 is 1.49 bits per heavy atom. The largest absolute Gasteiger partial charge is 0.416 e. The van der Waals surface area contributed by atoms with Crippen LogP contribution in [0.3, 0.4) is 0 Å². The minimum absolute atomic E-state index is 0.506. The van der Waals surface area contributed by atoms with Crippen molar-refractivity contribution in [2.24, 2.45) is 0 Å². The fourth-order valence-electron chi connectivity index (χ4n) is 5.90. The van der Waals surface area contributed by atoms with Crippen LogP contribution in [-0.4, -0.2) is 10.2 Å². The van der Waals surface area contributed by atoms with Gasteiger partial charge in [-0.2, -0.15) is 0 Å². The number of aromatic nitrogens is 2. The van der Waals surface area contributed by atoms with Gasteiger partial charge in [0.05, 0.1) is 0 Å². The molecule has 0 unspecified atom stereocenters. The first-order valence-electron chi connectivity index (χ1n) is 13.8. The van der Waals surface area contributed by atoms with E-state index in [0.29, 0.717) is 11.8 Å². The third-order valence-corrected chi connectivity index (χ3v) is 7.89. The molecule has 0 saturated heterocycles. The maximum Gasteiger partial charge on any atom is 0.248 e. The van der Waals surface area contributed by atoms with E-state index < -0.39 is 0 Å². The molecule has 0 N–H and O–H groups in total. The molecule has 0 radical (unpaired) electrons. The van der Waals surface area contributed by atoms with Crippen molar-refractivity contribution in [3.05, 3.63) is 146 Å². The van der Waals surface area contributed by atoms with Gasteiger partial charge in [0.25, 0.3) is 0 Å². The smallest absolute Gasteiger partial charge is 0.248 e. The zero-order valence-electron chi connectivity index (χ0n) is 22.2. The summed E-state index contributed by atoms with van der Waals surface area (Å²) >= 11 is 0. The number of hydrogen-bond donors (Lipinski definition) is 0. The van der Waals surface area contributed by atoms with Crippen molar-refractivity contribution < 1.29 is 4.42 Å². The van der Waals surface area contributed by atoms with Crippen LogP contribution in [0.4, 0.5) is 0 Å². The van der Waals surface area contributed by atoms with Crippen LogP contribution >= 0.6 is 0 Å². The van der Waals surface area contributed by atoms with Crippen molar-refractivity contribution in [3.8, 4) is 45.2 Å². The van der Waals surface area contributed by atoms with E-state index in [9.17, 15) is 0 Å². The molecule has 0 spiro atoms. The molecule has 0 bridgehead atoms. The fourth-order valence-corrected chi connectivity index (χ4v) is 5.90. The monoisotopic (exact) mass is 524 g/mol. The quantitative estimate of drug-likeness (QED) is 0.230. The van der Waals surface area contributed by atoms with Crippen molar-refractivity contribution in [1.82, 2.24) is 10.2 Å². The number of nitrogens with zero attached hydrogens (tertiary/aromatic N) is 2. The molecule has 1 heterocycles. The van der Waals surface area contributed by atoms with Crippen LogP contribution in [0, 0.1) is 0 Å². The summed E-state index contributed by atoms with van der Waals surface area (Å²) in [4.78, 5) is 0. The van der Waals surface area contributed by atoms with Crippen LogP contribution < -0.4 is 0 Å². The molecule has 3 heteroatoms. The predicted molar refractivity (Wildman–Crippen MR) is 169 cm³/mol. The van der Waals surface area contributed by atoms with E-state index in [2.05, 4.69) is 156 Å². The molecule has 0 fully saturated rings. The molecule has 8 rings (SSSR count). The van der Waals surface area contributed by atoms with Crippen LogP contribution in [0.25, 0.3) is 77.5 Å². The average Bonchev–Trinajstić information content (AvgIpc) is 3.54. The SMILES string of the molecule is c1ccc2c(-c3ccc(-c4nnc(-c5ccc(-c6cccc7ccccc67)c6ccccc56)o4)cc3)cccc2c1. The van der Waals surface area contributed by atoms with Gasteiger partial charge in [0, 0.05) is 11.1 Å². The number of rotatable bonds is 4. The van der Waals surface area contributed by atoms with Gasteiger partial charge < -0.3 is 4.42 Å². The summed E-state index contributed by atoms with van der Waals surface area (Å²) in [5.41, 5.74) is 6.58. The Labute approximate surface area is 237 Å². The zero-order chi connectivity index (χ0) is 27.2. The number of hydrogen-bond acceptors (Lipinski definition) is 3. The molecule has 0 amide bonds. The van der Waals surface area contributed by atoms with Gasteiger partial charge in [-0.15, -0.1) is 10.2 Å². The molecular formula is C38H24N2O. The van der Waals surface area contributed by atoms with Gasteiger partial charge in [-0.05, 0) is 72.8 Å². The van der Waals surface area contributed by atoms with Crippen molar-refractivity contribution in [2.45, 2.75) is 0 Å². The second-order valence-corrected chi connectivity index (χ2v) is 10.2. The first kappa shape index (κ1) is 23.4. The standard InChI is InChI=1S/C38H24N2O/c1-3-13-29-25(9-1)11-7-17-30(29)27-19-21-28(22-20-27)37-39-40-38(41-37)36-24-23-35(33-15-5-6-16-34(33)36)32-18-8-12-26-10-2-4-14-31(26)32/h1-24H. The normalized spacial score (nSPS) is 11.4. The van der Waals surface area contributed by atoms with E-state index in [-0.39, 0.29) is 0 Å². The molecule has 0 aliphatic rings. The van der Waals surface area contributed by atoms with E-state index in [1.165, 1.54) is 38.2 Å². The molecule has 41 heavy (non-hydrogen) atoms. The van der Waals surface area contributed by atoms with Crippen LogP contribution in [0.1, 0.15) is 0 Å². The maximum absolute atomic E-state index is 6.27. The molecular weight excluding hydrogens is 500 g/mol. The van der Waals surface area contributed by atoms with E-state index in [1.807, 2.05) is 0 Å². The third-order valence-electron chi connectivity index (χ3n) is 7.89. The second kappa shape index (κ2) is 9.58. The lowest BCUT2D eigenvalue weighted by Crippen LogP contribution is -1.87. The van der Waals surface area contributed by atoms with E-state index >= 15 is 0 Å². The second-order valence-electron chi connectivity index (χ2n) is 10.2. The Hall–Kier alpha value is -5.54. The van der Waals surface area contributed by atoms with Crippen LogP contribution in [0.5, 0.6) is 0 Å². The predicted octanol–water partition coefficient (Wildman–Crippen LogP) is 10.2. The Morgan fingerprint density at radius 2 is 0.780 bits per heavy atom. The van der Waals surface area contributed by atoms with Gasteiger partial charge >= 0.3 is 0 Å². The highest BCUT2D eigenvalue weighted by molar-refractivity contribution is 6.09. The van der Waals surface area contributed by atoms with E-state index in [0.717, 1.165) is 27.5 Å². The van der Waals surface area contributed by atoms with Gasteiger partial charge in [0.2, 0.25) is 11.8 Å². The van der Waals surface area contributed by atoms with Gasteiger partial charge in [0.15, 0.2) is 0 Å². The molecule has 8 aromatic rings. The highest BCUT2D eigenvalue weighted by Crippen LogP contribution is 2.38. The van der Waals surface area contributed by atoms with Crippen molar-refractivity contribution in [1.29, 1.82) is 0 Å². The number of benzene rings is 7. The molecule has 1 aromatic heterocycles. The minimum atomic E-state index is 0.506. The van der Waals surface area contributed by atoms with E-state index in [1.54, 1.807) is 0 Å². The van der Waals surface area contributed by atoms with Gasteiger partial charge in [0.1, 0.15) is 0 Å². The maximum atomic E-state index is 6.27. The summed E-state index contributed by atoms with van der Waals surface area (Å²) in [5, 5.41) is 16.1. The molecule has 0 aliphatic heterocycles. The molecule has 0 atom stereocenters. The van der Waals surface area contributed by atoms with Crippen LogP contribution in [0.2, 0.25) is 0 Å². The lowest BCUT2D eigenvalue weighted by atomic mass is 9.92. The summed E-state index contributed by atoms with van der Waals surface area (Å²) in [6.45, 7) is 0. The molecule has 0 aliphatic carbocycles. The summed E-state index contributed by atoms with van der Waals surface area (Å²) in [6.07, 6.45) is 0. The highest BCUT2D eigenvalue weighted by atomic mass is 16.4. The summed E-state index contributed by atoms with van der Waals surface area (Å²) in [6, 6.07) is 50.9. The zero-order valence-corrected chi connectivity index (χ0v) is 22.2. The molecule has 3 nitrogen and oxygen atoms in total. The van der Waals surface area contributed by atoms with Crippen molar-refractivity contribution in [3.63, 3.8) is 0 Å². The van der Waals surface area contributed by atoms with Gasteiger partial charge in [-0.1, -0.05) is 127 Å². The average molecular weight is 525 g/mol. The first-order valence-corrected chi connectivity index (χ1v) is 13.8. The van der Waals surface area contributed by atoms with Crippen molar-refractivity contribution in [2.75, 3.05) is 0 Å². The number of fused-ring (bicyclic) bond motifs is 3. The molecule has 192 valence electrons. The fraction of sp³-hybridized carbons (Fsp3) is 0.